The number of Topliss-reactive ketones (excluding diaryl/α,β-unsaturated/α-hetero) is 1. The summed E-state index contributed by atoms with van der Waals surface area (Å²) < 4.78 is 5.12. The standard InChI is InChI=1S/C13H17NO2/c1-16-11-5-2-4-10(8-11)9-12(15)13(14)6-3-7-13/h2,4-5,8H,3,6-7,9,14H2,1H3. The van der Waals surface area contributed by atoms with E-state index in [1.165, 1.54) is 0 Å². The van der Waals surface area contributed by atoms with Crippen molar-refractivity contribution in [3.05, 3.63) is 29.8 Å². The molecule has 16 heavy (non-hydrogen) atoms. The highest BCUT2D eigenvalue weighted by molar-refractivity contribution is 5.90. The summed E-state index contributed by atoms with van der Waals surface area (Å²) in [6.45, 7) is 0. The molecule has 0 spiro atoms. The van der Waals surface area contributed by atoms with E-state index in [1.54, 1.807) is 7.11 Å². The van der Waals surface area contributed by atoms with Crippen LogP contribution in [0.5, 0.6) is 5.75 Å². The van der Waals surface area contributed by atoms with Crippen LogP contribution in [0.2, 0.25) is 0 Å². The first kappa shape index (κ1) is 11.1. The Hall–Kier alpha value is -1.35. The molecule has 1 aliphatic carbocycles. The maximum atomic E-state index is 12.0. The molecule has 3 nitrogen and oxygen atoms in total. The second-order valence-corrected chi connectivity index (χ2v) is 4.46. The Morgan fingerprint density at radius 1 is 1.50 bits per heavy atom. The maximum absolute atomic E-state index is 12.0. The molecule has 1 saturated carbocycles. The highest BCUT2D eigenvalue weighted by Crippen LogP contribution is 2.31. The third-order valence-electron chi connectivity index (χ3n) is 3.30. The molecule has 2 N–H and O–H groups in total. The fourth-order valence-electron chi connectivity index (χ4n) is 1.98. The zero-order chi connectivity index (χ0) is 11.6. The maximum Gasteiger partial charge on any atom is 0.156 e. The fourth-order valence-corrected chi connectivity index (χ4v) is 1.98. The van der Waals surface area contributed by atoms with E-state index in [4.69, 9.17) is 10.5 Å². The summed E-state index contributed by atoms with van der Waals surface area (Å²) in [5.41, 5.74) is 6.40. The lowest BCUT2D eigenvalue weighted by molar-refractivity contribution is -0.126. The SMILES string of the molecule is COc1cccc(CC(=O)C2(N)CCC2)c1. The van der Waals surface area contributed by atoms with Gasteiger partial charge in [0.15, 0.2) is 5.78 Å². The van der Waals surface area contributed by atoms with E-state index >= 15 is 0 Å². The van der Waals surface area contributed by atoms with Crippen molar-refractivity contribution in [3.63, 3.8) is 0 Å². The average molecular weight is 219 g/mol. The van der Waals surface area contributed by atoms with Crippen molar-refractivity contribution < 1.29 is 9.53 Å². The molecule has 0 aliphatic heterocycles. The fraction of sp³-hybridized carbons (Fsp3) is 0.462. The number of hydrogen-bond donors (Lipinski definition) is 1. The van der Waals surface area contributed by atoms with Crippen molar-refractivity contribution in [3.8, 4) is 5.75 Å². The molecule has 0 aromatic heterocycles. The number of rotatable bonds is 4. The smallest absolute Gasteiger partial charge is 0.156 e. The lowest BCUT2D eigenvalue weighted by atomic mass is 9.73. The topological polar surface area (TPSA) is 52.3 Å². The number of carbonyl (C=O) groups excluding carboxylic acids is 1. The van der Waals surface area contributed by atoms with Gasteiger partial charge in [-0.3, -0.25) is 4.79 Å². The van der Waals surface area contributed by atoms with E-state index in [0.717, 1.165) is 30.6 Å². The van der Waals surface area contributed by atoms with Crippen LogP contribution in [0.15, 0.2) is 24.3 Å². The first-order valence-corrected chi connectivity index (χ1v) is 5.59. The van der Waals surface area contributed by atoms with Gasteiger partial charge in [-0.15, -0.1) is 0 Å². The van der Waals surface area contributed by atoms with Crippen LogP contribution in [0.3, 0.4) is 0 Å². The lowest BCUT2D eigenvalue weighted by Crippen LogP contribution is -2.54. The van der Waals surface area contributed by atoms with Gasteiger partial charge in [0.25, 0.3) is 0 Å². The Bertz CT molecular complexity index is 397. The number of ether oxygens (including phenoxy) is 1. The minimum atomic E-state index is -0.553. The van der Waals surface area contributed by atoms with Crippen LogP contribution in [-0.2, 0) is 11.2 Å². The van der Waals surface area contributed by atoms with Gasteiger partial charge < -0.3 is 10.5 Å². The van der Waals surface area contributed by atoms with Gasteiger partial charge in [-0.2, -0.15) is 0 Å². The van der Waals surface area contributed by atoms with E-state index in [0.29, 0.717) is 6.42 Å². The van der Waals surface area contributed by atoms with Gasteiger partial charge >= 0.3 is 0 Å². The first-order chi connectivity index (χ1) is 7.64. The van der Waals surface area contributed by atoms with E-state index in [-0.39, 0.29) is 5.78 Å². The summed E-state index contributed by atoms with van der Waals surface area (Å²) >= 11 is 0. The number of carbonyl (C=O) groups is 1. The van der Waals surface area contributed by atoms with E-state index in [2.05, 4.69) is 0 Å². The molecule has 1 fully saturated rings. The Balaban J connectivity index is 2.05. The molecule has 2 rings (SSSR count). The van der Waals surface area contributed by atoms with Crippen LogP contribution in [0.4, 0.5) is 0 Å². The van der Waals surface area contributed by atoms with E-state index < -0.39 is 5.54 Å². The van der Waals surface area contributed by atoms with Crippen molar-refractivity contribution in [2.75, 3.05) is 7.11 Å². The van der Waals surface area contributed by atoms with Crippen LogP contribution in [0, 0.1) is 0 Å². The quantitative estimate of drug-likeness (QED) is 0.838. The van der Waals surface area contributed by atoms with Crippen molar-refractivity contribution in [2.45, 2.75) is 31.2 Å². The molecule has 0 heterocycles. The summed E-state index contributed by atoms with van der Waals surface area (Å²) in [6.07, 6.45) is 3.14. The van der Waals surface area contributed by atoms with Crippen molar-refractivity contribution >= 4 is 5.78 Å². The number of hydrogen-bond acceptors (Lipinski definition) is 3. The van der Waals surface area contributed by atoms with Crippen molar-refractivity contribution in [1.82, 2.24) is 0 Å². The largest absolute Gasteiger partial charge is 0.497 e. The normalized spacial score (nSPS) is 17.6. The van der Waals surface area contributed by atoms with Gasteiger partial charge in [0, 0.05) is 6.42 Å². The van der Waals surface area contributed by atoms with Crippen molar-refractivity contribution in [1.29, 1.82) is 0 Å². The monoisotopic (exact) mass is 219 g/mol. The Morgan fingerprint density at radius 2 is 2.25 bits per heavy atom. The first-order valence-electron chi connectivity index (χ1n) is 5.59. The van der Waals surface area contributed by atoms with Crippen LogP contribution < -0.4 is 10.5 Å². The second kappa shape index (κ2) is 4.26. The molecule has 0 amide bonds. The number of nitrogens with two attached hydrogens (primary N) is 1. The van der Waals surface area contributed by atoms with Gasteiger partial charge in [-0.05, 0) is 37.0 Å². The predicted octanol–water partition coefficient (Wildman–Crippen LogP) is 1.69. The highest BCUT2D eigenvalue weighted by atomic mass is 16.5. The van der Waals surface area contributed by atoms with Crippen LogP contribution in [0.1, 0.15) is 24.8 Å². The van der Waals surface area contributed by atoms with Gasteiger partial charge in [0.2, 0.25) is 0 Å². The molecule has 0 saturated heterocycles. The minimum absolute atomic E-state index is 0.145. The second-order valence-electron chi connectivity index (χ2n) is 4.46. The molecule has 1 aromatic carbocycles. The Morgan fingerprint density at radius 3 is 2.81 bits per heavy atom. The van der Waals surface area contributed by atoms with Gasteiger partial charge in [-0.25, -0.2) is 0 Å². The average Bonchev–Trinajstić information content (AvgIpc) is 2.26. The summed E-state index contributed by atoms with van der Waals surface area (Å²) in [5.74, 6) is 0.928. The minimum Gasteiger partial charge on any atom is -0.497 e. The van der Waals surface area contributed by atoms with Crippen molar-refractivity contribution in [2.24, 2.45) is 5.73 Å². The zero-order valence-corrected chi connectivity index (χ0v) is 9.53. The summed E-state index contributed by atoms with van der Waals surface area (Å²) in [7, 11) is 1.62. The van der Waals surface area contributed by atoms with E-state index in [1.807, 2.05) is 24.3 Å². The molecule has 0 atom stereocenters. The summed E-state index contributed by atoms with van der Waals surface area (Å²) in [4.78, 5) is 12.0. The molecule has 0 radical (unpaired) electrons. The number of methoxy groups -OCH3 is 1. The molecular weight excluding hydrogens is 202 g/mol. The predicted molar refractivity (Wildman–Crippen MR) is 62.5 cm³/mol. The highest BCUT2D eigenvalue weighted by Gasteiger charge is 2.39. The summed E-state index contributed by atoms with van der Waals surface area (Å²) in [5, 5.41) is 0. The molecular formula is C13H17NO2. The van der Waals surface area contributed by atoms with Gasteiger partial charge in [0.1, 0.15) is 5.75 Å². The third-order valence-corrected chi connectivity index (χ3v) is 3.30. The lowest BCUT2D eigenvalue weighted by Gasteiger charge is -2.36. The Kier molecular flexibility index (Phi) is 2.97. The molecule has 0 unspecified atom stereocenters. The van der Waals surface area contributed by atoms with Crippen LogP contribution >= 0.6 is 0 Å². The molecule has 3 heteroatoms. The molecule has 1 aromatic rings. The molecule has 86 valence electrons. The molecule has 0 bridgehead atoms. The Labute approximate surface area is 95.6 Å². The van der Waals surface area contributed by atoms with Gasteiger partial charge in [0.05, 0.1) is 12.6 Å². The number of ketones is 1. The van der Waals surface area contributed by atoms with Crippen LogP contribution in [0.25, 0.3) is 0 Å². The van der Waals surface area contributed by atoms with Crippen LogP contribution in [-0.4, -0.2) is 18.4 Å². The third kappa shape index (κ3) is 2.09. The number of benzene rings is 1. The zero-order valence-electron chi connectivity index (χ0n) is 9.53. The molecule has 1 aliphatic rings. The van der Waals surface area contributed by atoms with E-state index in [9.17, 15) is 4.79 Å². The summed E-state index contributed by atoms with van der Waals surface area (Å²) in [6, 6.07) is 7.59. The van der Waals surface area contributed by atoms with Gasteiger partial charge in [-0.1, -0.05) is 12.1 Å².